The summed E-state index contributed by atoms with van der Waals surface area (Å²) in [5.74, 6) is 0.913. The van der Waals surface area contributed by atoms with Crippen molar-refractivity contribution < 1.29 is 4.74 Å². The molecule has 0 N–H and O–H groups in total. The van der Waals surface area contributed by atoms with Crippen LogP contribution in [0, 0.1) is 6.07 Å². The van der Waals surface area contributed by atoms with Crippen LogP contribution in [0.25, 0.3) is 0 Å². The van der Waals surface area contributed by atoms with Crippen LogP contribution in [-0.2, 0) is 0 Å². The molecule has 1 nitrogen and oxygen atoms in total. The van der Waals surface area contributed by atoms with Crippen LogP contribution in [0.15, 0.2) is 24.3 Å². The number of hydrogen-bond acceptors (Lipinski definition) is 1. The third-order valence-corrected chi connectivity index (χ3v) is 0.999. The second-order valence-electron chi connectivity index (χ2n) is 1.67. The molecule has 49 valence electrons. The van der Waals surface area contributed by atoms with E-state index in [1.807, 2.05) is 31.2 Å². The van der Waals surface area contributed by atoms with Crippen molar-refractivity contribution in [3.63, 3.8) is 0 Å². The summed E-state index contributed by atoms with van der Waals surface area (Å²) < 4.78 is 5.19. The molecule has 1 aromatic carbocycles. The Bertz CT molecular complexity index is 162. The zero-order valence-corrected chi connectivity index (χ0v) is 5.42. The average molecular weight is 161 g/mol. The van der Waals surface area contributed by atoms with Crippen LogP contribution in [0.1, 0.15) is 6.92 Å². The molecule has 0 aromatic heterocycles. The standard InChI is InChI=1S/C8H9O.K.H/c1-2-9-8-6-4-3-5-7-8;;/h4-7H,2H2,1H3;;. The van der Waals surface area contributed by atoms with Crippen molar-refractivity contribution in [2.45, 2.75) is 6.92 Å². The van der Waals surface area contributed by atoms with E-state index in [0.717, 1.165) is 12.4 Å². The van der Waals surface area contributed by atoms with Crippen LogP contribution in [-0.4, -0.2) is 58.0 Å². The molecule has 2 heteroatoms. The third kappa shape index (κ3) is 3.73. The van der Waals surface area contributed by atoms with Gasteiger partial charge in [-0.05, 0) is 25.1 Å². The van der Waals surface area contributed by atoms with Gasteiger partial charge in [0.25, 0.3) is 0 Å². The Morgan fingerprint density at radius 2 is 2.00 bits per heavy atom. The Hall–Kier alpha value is 0.656. The molecule has 0 unspecified atom stereocenters. The second-order valence-corrected chi connectivity index (χ2v) is 1.67. The summed E-state index contributed by atoms with van der Waals surface area (Å²) in [6.07, 6.45) is 0. The van der Waals surface area contributed by atoms with Crippen LogP contribution in [0.5, 0.6) is 5.75 Å². The minimum atomic E-state index is 0. The molecule has 0 heterocycles. The van der Waals surface area contributed by atoms with E-state index in [1.54, 1.807) is 0 Å². The van der Waals surface area contributed by atoms with Crippen molar-refractivity contribution in [1.29, 1.82) is 0 Å². The van der Waals surface area contributed by atoms with Gasteiger partial charge in [0.05, 0.1) is 6.61 Å². The molecular weight excluding hydrogens is 151 g/mol. The molecule has 1 rings (SSSR count). The average Bonchev–Trinajstić information content (AvgIpc) is 1.91. The zero-order chi connectivity index (χ0) is 6.53. The summed E-state index contributed by atoms with van der Waals surface area (Å²) in [5, 5.41) is 0. The predicted molar refractivity (Wildman–Crippen MR) is 43.6 cm³/mol. The van der Waals surface area contributed by atoms with Crippen LogP contribution < -0.4 is 4.74 Å². The van der Waals surface area contributed by atoms with Gasteiger partial charge in [0.1, 0.15) is 5.75 Å². The molecule has 0 spiro atoms. The van der Waals surface area contributed by atoms with Crippen LogP contribution in [0.4, 0.5) is 0 Å². The summed E-state index contributed by atoms with van der Waals surface area (Å²) in [4.78, 5) is 0. The molecule has 0 aliphatic carbocycles. The van der Waals surface area contributed by atoms with E-state index in [2.05, 4.69) is 6.07 Å². The van der Waals surface area contributed by atoms with Crippen LogP contribution in [0.2, 0.25) is 0 Å². The van der Waals surface area contributed by atoms with Crippen molar-refractivity contribution in [1.82, 2.24) is 0 Å². The van der Waals surface area contributed by atoms with E-state index in [0.29, 0.717) is 0 Å². The number of hydrogen-bond donors (Lipinski definition) is 0. The fourth-order valence-electron chi connectivity index (χ4n) is 0.634. The maximum atomic E-state index is 5.19. The molecule has 0 amide bonds. The normalized spacial score (nSPS) is 8.10. The van der Waals surface area contributed by atoms with E-state index in [1.165, 1.54) is 0 Å². The first-order valence-corrected chi connectivity index (χ1v) is 3.02. The van der Waals surface area contributed by atoms with E-state index >= 15 is 0 Å². The van der Waals surface area contributed by atoms with Crippen LogP contribution in [0.3, 0.4) is 0 Å². The number of benzene rings is 1. The molecule has 0 saturated heterocycles. The van der Waals surface area contributed by atoms with Gasteiger partial charge in [-0.3, -0.25) is 0 Å². The van der Waals surface area contributed by atoms with Gasteiger partial charge in [-0.2, -0.15) is 0 Å². The topological polar surface area (TPSA) is 9.23 Å². The van der Waals surface area contributed by atoms with E-state index in [-0.39, 0.29) is 51.4 Å². The zero-order valence-electron chi connectivity index (χ0n) is 5.42. The summed E-state index contributed by atoms with van der Waals surface area (Å²) in [5.41, 5.74) is 0. The van der Waals surface area contributed by atoms with E-state index < -0.39 is 0 Å². The Kier molecular flexibility index (Phi) is 6.79. The molecule has 1 radical (unpaired) electrons. The monoisotopic (exact) mass is 161 g/mol. The first-order chi connectivity index (χ1) is 4.43. The van der Waals surface area contributed by atoms with E-state index in [4.69, 9.17) is 4.74 Å². The summed E-state index contributed by atoms with van der Waals surface area (Å²) in [6, 6.07) is 10.4. The Labute approximate surface area is 104 Å². The Balaban J connectivity index is 0.000000810. The first kappa shape index (κ1) is 10.7. The minimum absolute atomic E-state index is 0. The quantitative estimate of drug-likeness (QED) is 0.593. The summed E-state index contributed by atoms with van der Waals surface area (Å²) >= 11 is 0. The number of ether oxygens (including phenoxy) is 1. The number of rotatable bonds is 2. The van der Waals surface area contributed by atoms with Crippen molar-refractivity contribution in [3.05, 3.63) is 30.3 Å². The SMILES string of the molecule is CCOc1cc[c]cc1.[KH]. The van der Waals surface area contributed by atoms with Gasteiger partial charge in [0.15, 0.2) is 0 Å². The molecule has 0 bridgehead atoms. The van der Waals surface area contributed by atoms with Gasteiger partial charge < -0.3 is 4.74 Å². The summed E-state index contributed by atoms with van der Waals surface area (Å²) in [7, 11) is 0. The van der Waals surface area contributed by atoms with Gasteiger partial charge in [-0.1, -0.05) is 12.1 Å². The van der Waals surface area contributed by atoms with Gasteiger partial charge in [-0.25, -0.2) is 0 Å². The Morgan fingerprint density at radius 1 is 1.40 bits per heavy atom. The molecule has 10 heavy (non-hydrogen) atoms. The van der Waals surface area contributed by atoms with Crippen molar-refractivity contribution in [2.75, 3.05) is 6.61 Å². The second kappa shape index (κ2) is 6.37. The molecule has 0 fully saturated rings. The molecule has 1 aromatic rings. The molecular formula is C8H10KO. The molecule has 0 aliphatic heterocycles. The van der Waals surface area contributed by atoms with Crippen molar-refractivity contribution in [2.24, 2.45) is 0 Å². The van der Waals surface area contributed by atoms with Gasteiger partial charge in [0, 0.05) is 0 Å². The predicted octanol–water partition coefficient (Wildman–Crippen LogP) is 1.24. The van der Waals surface area contributed by atoms with E-state index in [9.17, 15) is 0 Å². The Morgan fingerprint density at radius 3 is 2.50 bits per heavy atom. The van der Waals surface area contributed by atoms with Crippen molar-refractivity contribution in [3.8, 4) is 5.75 Å². The maximum absolute atomic E-state index is 5.19. The van der Waals surface area contributed by atoms with Crippen LogP contribution >= 0.6 is 0 Å². The molecule has 0 saturated carbocycles. The van der Waals surface area contributed by atoms with Crippen molar-refractivity contribution >= 4 is 51.4 Å². The van der Waals surface area contributed by atoms with Gasteiger partial charge in [0.2, 0.25) is 0 Å². The third-order valence-electron chi connectivity index (χ3n) is 0.999. The fraction of sp³-hybridized carbons (Fsp3) is 0.250. The fourth-order valence-corrected chi connectivity index (χ4v) is 0.634. The first-order valence-electron chi connectivity index (χ1n) is 3.02. The summed E-state index contributed by atoms with van der Waals surface area (Å²) in [6.45, 7) is 2.70. The molecule has 0 aliphatic rings. The van der Waals surface area contributed by atoms with Gasteiger partial charge in [-0.15, -0.1) is 0 Å². The molecule has 0 atom stereocenters. The van der Waals surface area contributed by atoms with Gasteiger partial charge >= 0.3 is 51.4 Å².